The van der Waals surface area contributed by atoms with E-state index >= 15 is 0 Å². The summed E-state index contributed by atoms with van der Waals surface area (Å²) in [4.78, 5) is 0. The van der Waals surface area contributed by atoms with Gasteiger partial charge in [-0.2, -0.15) is 0 Å². The molecule has 0 aromatic heterocycles. The summed E-state index contributed by atoms with van der Waals surface area (Å²) < 4.78 is 25.2. The molecule has 0 aliphatic carbocycles. The molecule has 1 atom stereocenters. The van der Waals surface area contributed by atoms with Crippen LogP contribution in [0.4, 0.5) is 0 Å². The highest BCUT2D eigenvalue weighted by Crippen LogP contribution is 2.33. The van der Waals surface area contributed by atoms with Gasteiger partial charge in [-0.1, -0.05) is 20.8 Å². The highest BCUT2D eigenvalue weighted by Gasteiger charge is 2.33. The van der Waals surface area contributed by atoms with E-state index in [9.17, 15) is 8.42 Å². The lowest BCUT2D eigenvalue weighted by molar-refractivity contribution is 0.148. The van der Waals surface area contributed by atoms with E-state index in [0.29, 0.717) is 19.0 Å². The van der Waals surface area contributed by atoms with Gasteiger partial charge in [0, 0.05) is 13.1 Å². The Morgan fingerprint density at radius 3 is 2.40 bits per heavy atom. The van der Waals surface area contributed by atoms with Gasteiger partial charge in [-0.25, -0.2) is 12.7 Å². The van der Waals surface area contributed by atoms with E-state index in [0.717, 1.165) is 12.8 Å². The molecule has 90 valence electrons. The van der Waals surface area contributed by atoms with Crippen LogP contribution in [0.25, 0.3) is 0 Å². The number of rotatable bonds is 2. The molecule has 0 aromatic carbocycles. The van der Waals surface area contributed by atoms with Crippen molar-refractivity contribution >= 4 is 10.0 Å². The lowest BCUT2D eigenvalue weighted by Gasteiger charge is -2.38. The van der Waals surface area contributed by atoms with E-state index in [1.165, 1.54) is 0 Å². The Hall–Kier alpha value is -0.0900. The van der Waals surface area contributed by atoms with Crippen LogP contribution >= 0.6 is 0 Å². The van der Waals surface area contributed by atoms with E-state index < -0.39 is 10.0 Å². The maximum absolute atomic E-state index is 11.8. The van der Waals surface area contributed by atoms with Gasteiger partial charge in [-0.05, 0) is 31.1 Å². The third-order valence-electron chi connectivity index (χ3n) is 3.37. The topological polar surface area (TPSA) is 37.4 Å². The van der Waals surface area contributed by atoms with Crippen LogP contribution in [0.2, 0.25) is 0 Å². The third-order valence-corrected chi connectivity index (χ3v) is 5.22. The smallest absolute Gasteiger partial charge is 0.212 e. The molecule has 0 N–H and O–H groups in total. The highest BCUT2D eigenvalue weighted by molar-refractivity contribution is 7.89. The molecule has 1 heterocycles. The summed E-state index contributed by atoms with van der Waals surface area (Å²) in [6.07, 6.45) is 2.15. The first-order chi connectivity index (χ1) is 6.77. The quantitative estimate of drug-likeness (QED) is 0.732. The van der Waals surface area contributed by atoms with Crippen molar-refractivity contribution in [3.8, 4) is 0 Å². The standard InChI is InChI=1S/C11H23NO2S/c1-5-15(13,14)12-8-6-7-10(9-12)11(2,3)4/h10H,5-9H2,1-4H3. The maximum atomic E-state index is 11.8. The monoisotopic (exact) mass is 233 g/mol. The van der Waals surface area contributed by atoms with Crippen LogP contribution < -0.4 is 0 Å². The summed E-state index contributed by atoms with van der Waals surface area (Å²) in [6.45, 7) is 9.72. The lowest BCUT2D eigenvalue weighted by Crippen LogP contribution is -2.44. The summed E-state index contributed by atoms with van der Waals surface area (Å²) in [5, 5.41) is 0. The van der Waals surface area contributed by atoms with Gasteiger partial charge in [-0.3, -0.25) is 0 Å². The average molecular weight is 233 g/mol. The van der Waals surface area contributed by atoms with E-state index in [1.54, 1.807) is 11.2 Å². The maximum Gasteiger partial charge on any atom is 0.213 e. The average Bonchev–Trinajstić information content (AvgIpc) is 2.17. The Labute approximate surface area is 93.9 Å². The zero-order chi connectivity index (χ0) is 11.7. The Morgan fingerprint density at radius 1 is 1.33 bits per heavy atom. The molecule has 0 spiro atoms. The van der Waals surface area contributed by atoms with Crippen molar-refractivity contribution in [2.75, 3.05) is 18.8 Å². The second kappa shape index (κ2) is 4.42. The first-order valence-electron chi connectivity index (χ1n) is 5.75. The Bertz CT molecular complexity index is 303. The fourth-order valence-corrected chi connectivity index (χ4v) is 3.26. The fraction of sp³-hybridized carbons (Fsp3) is 1.00. The molecule has 1 unspecified atom stereocenters. The molecule has 0 amide bonds. The Balaban J connectivity index is 2.73. The summed E-state index contributed by atoms with van der Waals surface area (Å²) in [5.41, 5.74) is 0.210. The van der Waals surface area contributed by atoms with Crippen LogP contribution in [-0.2, 0) is 10.0 Å². The lowest BCUT2D eigenvalue weighted by atomic mass is 9.77. The van der Waals surface area contributed by atoms with Crippen LogP contribution in [0.5, 0.6) is 0 Å². The van der Waals surface area contributed by atoms with Crippen LogP contribution in [-0.4, -0.2) is 31.6 Å². The first-order valence-corrected chi connectivity index (χ1v) is 7.36. The molecule has 0 saturated carbocycles. The molecule has 1 aliphatic rings. The molecule has 0 radical (unpaired) electrons. The van der Waals surface area contributed by atoms with Gasteiger partial charge in [0.25, 0.3) is 0 Å². The minimum absolute atomic E-state index is 0.210. The van der Waals surface area contributed by atoms with Gasteiger partial charge in [0.05, 0.1) is 5.75 Å². The molecule has 0 aromatic rings. The van der Waals surface area contributed by atoms with Crippen molar-refractivity contribution in [1.82, 2.24) is 4.31 Å². The van der Waals surface area contributed by atoms with Gasteiger partial charge in [0.2, 0.25) is 10.0 Å². The number of hydrogen-bond acceptors (Lipinski definition) is 2. The largest absolute Gasteiger partial charge is 0.213 e. The molecule has 1 fully saturated rings. The van der Waals surface area contributed by atoms with Crippen molar-refractivity contribution in [3.05, 3.63) is 0 Å². The van der Waals surface area contributed by atoms with Crippen LogP contribution in [0.1, 0.15) is 40.5 Å². The SMILES string of the molecule is CCS(=O)(=O)N1CCCC(C(C)(C)C)C1. The second-order valence-corrected chi connectivity index (χ2v) is 7.72. The van der Waals surface area contributed by atoms with E-state index in [4.69, 9.17) is 0 Å². The van der Waals surface area contributed by atoms with Gasteiger partial charge in [0.1, 0.15) is 0 Å². The number of piperidine rings is 1. The highest BCUT2D eigenvalue weighted by atomic mass is 32.2. The molecular formula is C11H23NO2S. The summed E-state index contributed by atoms with van der Waals surface area (Å²) >= 11 is 0. The predicted molar refractivity (Wildman–Crippen MR) is 63.2 cm³/mol. The van der Waals surface area contributed by atoms with Gasteiger partial charge in [-0.15, -0.1) is 0 Å². The van der Waals surface area contributed by atoms with Gasteiger partial charge >= 0.3 is 0 Å². The van der Waals surface area contributed by atoms with E-state index in [2.05, 4.69) is 20.8 Å². The zero-order valence-electron chi connectivity index (χ0n) is 10.3. The second-order valence-electron chi connectivity index (χ2n) is 5.46. The number of sulfonamides is 1. The predicted octanol–water partition coefficient (Wildman–Crippen LogP) is 2.09. The summed E-state index contributed by atoms with van der Waals surface area (Å²) in [7, 11) is -2.98. The van der Waals surface area contributed by atoms with Crippen molar-refractivity contribution in [2.45, 2.75) is 40.5 Å². The van der Waals surface area contributed by atoms with Gasteiger partial charge < -0.3 is 0 Å². The summed E-state index contributed by atoms with van der Waals surface area (Å²) in [6, 6.07) is 0. The molecule has 3 nitrogen and oxygen atoms in total. The molecule has 4 heteroatoms. The normalized spacial score (nSPS) is 25.5. The van der Waals surface area contributed by atoms with Crippen LogP contribution in [0.15, 0.2) is 0 Å². The van der Waals surface area contributed by atoms with E-state index in [-0.39, 0.29) is 11.2 Å². The first kappa shape index (κ1) is 13.0. The molecule has 1 rings (SSSR count). The minimum atomic E-state index is -2.98. The molecule has 15 heavy (non-hydrogen) atoms. The molecule has 1 saturated heterocycles. The van der Waals surface area contributed by atoms with E-state index in [1.807, 2.05) is 0 Å². The van der Waals surface area contributed by atoms with Crippen molar-refractivity contribution in [3.63, 3.8) is 0 Å². The fourth-order valence-electron chi connectivity index (χ4n) is 2.08. The minimum Gasteiger partial charge on any atom is -0.212 e. The van der Waals surface area contributed by atoms with Crippen LogP contribution in [0.3, 0.4) is 0 Å². The molecular weight excluding hydrogens is 210 g/mol. The number of nitrogens with zero attached hydrogens (tertiary/aromatic N) is 1. The molecule has 1 aliphatic heterocycles. The third kappa shape index (κ3) is 3.18. The van der Waals surface area contributed by atoms with Gasteiger partial charge in [0.15, 0.2) is 0 Å². The molecule has 0 bridgehead atoms. The van der Waals surface area contributed by atoms with Crippen molar-refractivity contribution < 1.29 is 8.42 Å². The Morgan fingerprint density at radius 2 is 1.93 bits per heavy atom. The van der Waals surface area contributed by atoms with Crippen molar-refractivity contribution in [1.29, 1.82) is 0 Å². The zero-order valence-corrected chi connectivity index (χ0v) is 11.1. The summed E-state index contributed by atoms with van der Waals surface area (Å²) in [5.74, 6) is 0.719. The number of hydrogen-bond donors (Lipinski definition) is 0. The van der Waals surface area contributed by atoms with Crippen LogP contribution in [0, 0.1) is 11.3 Å². The Kier molecular flexibility index (Phi) is 3.82. The van der Waals surface area contributed by atoms with Crippen molar-refractivity contribution in [2.24, 2.45) is 11.3 Å².